The van der Waals surface area contributed by atoms with E-state index in [1.807, 2.05) is 6.07 Å². The number of rotatable bonds is 3. The number of aromatic nitrogens is 1. The largest absolute Gasteiger partial charge is 0.441 e. The SMILES string of the molecule is O=C1NC(=O)N(c2cccnc2)C(=O)/C1=C/c1ccc(N2CCCCCC2)o1. The fourth-order valence-electron chi connectivity index (χ4n) is 3.40. The van der Waals surface area contributed by atoms with Crippen molar-refractivity contribution in [3.05, 3.63) is 48.0 Å². The monoisotopic (exact) mass is 380 g/mol. The lowest BCUT2D eigenvalue weighted by Crippen LogP contribution is -2.54. The Hall–Kier alpha value is -3.42. The van der Waals surface area contributed by atoms with Gasteiger partial charge in [0.15, 0.2) is 5.88 Å². The summed E-state index contributed by atoms with van der Waals surface area (Å²) in [4.78, 5) is 44.2. The van der Waals surface area contributed by atoms with Crippen LogP contribution in [0.15, 0.2) is 46.6 Å². The minimum atomic E-state index is -0.801. The molecule has 8 heteroatoms. The first kappa shape index (κ1) is 18.0. The third-order valence-corrected chi connectivity index (χ3v) is 4.82. The van der Waals surface area contributed by atoms with Gasteiger partial charge in [0.2, 0.25) is 0 Å². The quantitative estimate of drug-likeness (QED) is 0.650. The molecule has 2 aromatic rings. The Morgan fingerprint density at radius 1 is 1.04 bits per heavy atom. The van der Waals surface area contributed by atoms with Crippen LogP contribution < -0.4 is 15.1 Å². The van der Waals surface area contributed by atoms with Crippen LogP contribution in [0.5, 0.6) is 0 Å². The lowest BCUT2D eigenvalue weighted by molar-refractivity contribution is -0.122. The molecule has 0 bridgehead atoms. The van der Waals surface area contributed by atoms with Crippen molar-refractivity contribution in [3.63, 3.8) is 0 Å². The summed E-state index contributed by atoms with van der Waals surface area (Å²) in [6, 6.07) is 5.94. The van der Waals surface area contributed by atoms with Crippen LogP contribution in [0.3, 0.4) is 0 Å². The molecule has 0 saturated carbocycles. The van der Waals surface area contributed by atoms with Gasteiger partial charge in [0.1, 0.15) is 11.3 Å². The number of pyridine rings is 1. The molecule has 0 atom stereocenters. The van der Waals surface area contributed by atoms with E-state index in [1.54, 1.807) is 18.2 Å². The maximum Gasteiger partial charge on any atom is 0.336 e. The van der Waals surface area contributed by atoms with Gasteiger partial charge >= 0.3 is 6.03 Å². The second kappa shape index (κ2) is 7.67. The molecular formula is C20H20N4O4. The lowest BCUT2D eigenvalue weighted by Gasteiger charge is -2.25. The van der Waals surface area contributed by atoms with Gasteiger partial charge in [-0.1, -0.05) is 12.8 Å². The number of furan rings is 1. The Labute approximate surface area is 161 Å². The van der Waals surface area contributed by atoms with Crippen LogP contribution in [0.4, 0.5) is 16.4 Å². The number of hydrogen-bond acceptors (Lipinski definition) is 6. The van der Waals surface area contributed by atoms with Crippen LogP contribution in [-0.2, 0) is 9.59 Å². The number of imide groups is 2. The Bertz CT molecular complexity index is 927. The Morgan fingerprint density at radius 2 is 1.82 bits per heavy atom. The van der Waals surface area contributed by atoms with Crippen molar-refractivity contribution in [2.75, 3.05) is 22.9 Å². The average molecular weight is 380 g/mol. The standard InChI is InChI=1S/C20H20N4O4/c25-18-16(19(26)24(20(27)22-18)14-6-5-9-21-13-14)12-15-7-8-17(28-15)23-10-3-1-2-4-11-23/h5-9,12-13H,1-4,10-11H2,(H,22,25,27)/b16-12+. The molecule has 2 aliphatic heterocycles. The topological polar surface area (TPSA) is 95.8 Å². The number of carbonyl (C=O) groups excluding carboxylic acids is 3. The number of barbiturate groups is 1. The molecular weight excluding hydrogens is 360 g/mol. The predicted octanol–water partition coefficient (Wildman–Crippen LogP) is 2.72. The van der Waals surface area contributed by atoms with Crippen LogP contribution in [-0.4, -0.2) is 35.9 Å². The van der Waals surface area contributed by atoms with Crippen molar-refractivity contribution in [1.29, 1.82) is 0 Å². The summed E-state index contributed by atoms with van der Waals surface area (Å²) in [5.74, 6) is -0.354. The van der Waals surface area contributed by atoms with Gasteiger partial charge in [-0.25, -0.2) is 9.69 Å². The van der Waals surface area contributed by atoms with Crippen LogP contribution in [0.2, 0.25) is 0 Å². The van der Waals surface area contributed by atoms with Crippen molar-refractivity contribution in [2.45, 2.75) is 25.7 Å². The van der Waals surface area contributed by atoms with E-state index >= 15 is 0 Å². The number of amides is 4. The first-order valence-corrected chi connectivity index (χ1v) is 9.30. The molecule has 4 heterocycles. The minimum absolute atomic E-state index is 0.166. The average Bonchev–Trinajstić information content (AvgIpc) is 2.98. The molecule has 2 saturated heterocycles. The van der Waals surface area contributed by atoms with E-state index in [2.05, 4.69) is 15.2 Å². The molecule has 0 radical (unpaired) electrons. The Morgan fingerprint density at radius 3 is 2.54 bits per heavy atom. The Kier molecular flexibility index (Phi) is 4.92. The zero-order valence-electron chi connectivity index (χ0n) is 15.3. The number of hydrogen-bond donors (Lipinski definition) is 1. The lowest BCUT2D eigenvalue weighted by atomic mass is 10.1. The van der Waals surface area contributed by atoms with Gasteiger partial charge in [0.25, 0.3) is 11.8 Å². The second-order valence-corrected chi connectivity index (χ2v) is 6.75. The van der Waals surface area contributed by atoms with Crippen LogP contribution >= 0.6 is 0 Å². The van der Waals surface area contributed by atoms with Gasteiger partial charge in [0.05, 0.1) is 11.9 Å². The highest BCUT2D eigenvalue weighted by Crippen LogP contribution is 2.25. The van der Waals surface area contributed by atoms with Crippen LogP contribution in [0.25, 0.3) is 6.08 Å². The highest BCUT2D eigenvalue weighted by atomic mass is 16.4. The minimum Gasteiger partial charge on any atom is -0.441 e. The van der Waals surface area contributed by atoms with Crippen LogP contribution in [0, 0.1) is 0 Å². The molecule has 144 valence electrons. The number of nitrogens with one attached hydrogen (secondary N) is 1. The summed E-state index contributed by atoms with van der Waals surface area (Å²) in [5.41, 5.74) is 0.119. The predicted molar refractivity (Wildman–Crippen MR) is 103 cm³/mol. The molecule has 2 aromatic heterocycles. The zero-order valence-corrected chi connectivity index (χ0v) is 15.3. The van der Waals surface area contributed by atoms with Crippen molar-refractivity contribution >= 4 is 35.5 Å². The number of carbonyl (C=O) groups is 3. The molecule has 2 aliphatic rings. The van der Waals surface area contributed by atoms with Gasteiger partial charge in [-0.3, -0.25) is 19.9 Å². The summed E-state index contributed by atoms with van der Waals surface area (Å²) in [7, 11) is 0. The molecule has 8 nitrogen and oxygen atoms in total. The van der Waals surface area contributed by atoms with Crippen molar-refractivity contribution in [1.82, 2.24) is 10.3 Å². The first-order chi connectivity index (χ1) is 13.6. The second-order valence-electron chi connectivity index (χ2n) is 6.75. The fraction of sp³-hybridized carbons (Fsp3) is 0.300. The van der Waals surface area contributed by atoms with E-state index in [-0.39, 0.29) is 11.3 Å². The summed E-state index contributed by atoms with van der Waals surface area (Å²) >= 11 is 0. The van der Waals surface area contributed by atoms with E-state index in [1.165, 1.54) is 31.3 Å². The maximum atomic E-state index is 12.8. The number of urea groups is 1. The van der Waals surface area contributed by atoms with Gasteiger partial charge in [0, 0.05) is 25.4 Å². The van der Waals surface area contributed by atoms with E-state index in [9.17, 15) is 14.4 Å². The van der Waals surface area contributed by atoms with E-state index in [0.717, 1.165) is 36.7 Å². The summed E-state index contributed by atoms with van der Waals surface area (Å²) in [6.45, 7) is 1.85. The molecule has 2 fully saturated rings. The van der Waals surface area contributed by atoms with E-state index in [4.69, 9.17) is 4.42 Å². The summed E-state index contributed by atoms with van der Waals surface area (Å²) in [5, 5.41) is 2.19. The normalized spacial score (nSPS) is 19.7. The van der Waals surface area contributed by atoms with Crippen molar-refractivity contribution < 1.29 is 18.8 Å². The van der Waals surface area contributed by atoms with Crippen molar-refractivity contribution in [2.24, 2.45) is 0 Å². The molecule has 4 rings (SSSR count). The highest BCUT2D eigenvalue weighted by Gasteiger charge is 2.37. The van der Waals surface area contributed by atoms with Gasteiger partial charge in [-0.2, -0.15) is 0 Å². The van der Waals surface area contributed by atoms with E-state index < -0.39 is 17.8 Å². The molecule has 0 unspecified atom stereocenters. The first-order valence-electron chi connectivity index (χ1n) is 9.30. The van der Waals surface area contributed by atoms with Gasteiger partial charge in [-0.15, -0.1) is 0 Å². The molecule has 0 aliphatic carbocycles. The highest BCUT2D eigenvalue weighted by molar-refractivity contribution is 6.39. The molecule has 1 N–H and O–H groups in total. The Balaban J connectivity index is 1.60. The molecule has 4 amide bonds. The van der Waals surface area contributed by atoms with Crippen molar-refractivity contribution in [3.8, 4) is 0 Å². The summed E-state index contributed by atoms with van der Waals surface area (Å²) in [6.07, 6.45) is 8.93. The molecule has 0 spiro atoms. The summed E-state index contributed by atoms with van der Waals surface area (Å²) < 4.78 is 5.85. The van der Waals surface area contributed by atoms with Gasteiger partial charge in [-0.05, 0) is 37.1 Å². The van der Waals surface area contributed by atoms with E-state index in [0.29, 0.717) is 5.76 Å². The molecule has 0 aromatic carbocycles. The zero-order chi connectivity index (χ0) is 19.5. The van der Waals surface area contributed by atoms with Crippen LogP contribution in [0.1, 0.15) is 31.4 Å². The number of nitrogens with zero attached hydrogens (tertiary/aromatic N) is 3. The smallest absolute Gasteiger partial charge is 0.336 e. The third kappa shape index (κ3) is 3.53. The maximum absolute atomic E-state index is 12.8. The van der Waals surface area contributed by atoms with Gasteiger partial charge < -0.3 is 9.32 Å². The third-order valence-electron chi connectivity index (χ3n) is 4.82. The number of anilines is 2. The molecule has 28 heavy (non-hydrogen) atoms. The fourth-order valence-corrected chi connectivity index (χ4v) is 3.40.